The minimum Gasteiger partial charge on any atom is -0.481 e. The number of nitrogens with two attached hydrogens (primary N) is 1. The summed E-state index contributed by atoms with van der Waals surface area (Å²) in [6.45, 7) is 13.2. The van der Waals surface area contributed by atoms with E-state index in [1.165, 1.54) is 9.96 Å². The topological polar surface area (TPSA) is 252 Å². The van der Waals surface area contributed by atoms with Crippen molar-refractivity contribution in [2.45, 2.75) is 51.9 Å². The lowest BCUT2D eigenvalue weighted by Crippen LogP contribution is -2.57. The van der Waals surface area contributed by atoms with Gasteiger partial charge >= 0.3 is 5.97 Å². The van der Waals surface area contributed by atoms with Gasteiger partial charge in [0.05, 0.1) is 170 Å². The third-order valence-electron chi connectivity index (χ3n) is 10.2. The molecule has 2 heterocycles. The molecule has 21 heteroatoms. The lowest BCUT2D eigenvalue weighted by atomic mass is 9.72. The second-order valence-corrected chi connectivity index (χ2v) is 15.3. The van der Waals surface area contributed by atoms with Gasteiger partial charge in [0.2, 0.25) is 5.91 Å². The number of aliphatic imine (C=N–C) groups is 1. The fourth-order valence-electron chi connectivity index (χ4n) is 6.51. The molecule has 1 aromatic rings. The Balaban J connectivity index is 1.14. The van der Waals surface area contributed by atoms with Crippen LogP contribution in [0, 0.1) is 0 Å². The van der Waals surface area contributed by atoms with Gasteiger partial charge in [-0.3, -0.25) is 28.8 Å². The Bertz CT molecular complexity index is 1690. The molecule has 0 radical (unpaired) electrons. The van der Waals surface area contributed by atoms with Crippen LogP contribution in [-0.2, 0) is 81.6 Å². The number of likely N-dealkylation sites (tertiary alicyclic amines) is 1. The molecule has 1 saturated heterocycles. The summed E-state index contributed by atoms with van der Waals surface area (Å²) in [6, 6.07) is 5.05. The van der Waals surface area contributed by atoms with E-state index < -0.39 is 23.0 Å². The van der Waals surface area contributed by atoms with E-state index in [0.29, 0.717) is 154 Å². The Morgan fingerprint density at radius 1 is 0.672 bits per heavy atom. The lowest BCUT2D eigenvalue weighted by Gasteiger charge is -2.37. The first-order valence-corrected chi connectivity index (χ1v) is 23.0. The van der Waals surface area contributed by atoms with Crippen LogP contribution < -0.4 is 5.73 Å². The highest BCUT2D eigenvalue weighted by molar-refractivity contribution is 6.17. The summed E-state index contributed by atoms with van der Waals surface area (Å²) < 4.78 is 54.3. The highest BCUT2D eigenvalue weighted by Crippen LogP contribution is 2.36. The highest BCUT2D eigenvalue weighted by atomic mass is 16.7. The molecule has 1 aromatic carbocycles. The van der Waals surface area contributed by atoms with Crippen molar-refractivity contribution in [2.75, 3.05) is 158 Å². The number of amides is 2. The van der Waals surface area contributed by atoms with Crippen LogP contribution in [0.25, 0.3) is 6.08 Å². The van der Waals surface area contributed by atoms with Gasteiger partial charge in [-0.15, -0.1) is 0 Å². The number of carboxylic acid groups (broad SMARTS) is 1. The molecule has 67 heavy (non-hydrogen) atoms. The maximum atomic E-state index is 13.6. The molecule has 378 valence electrons. The first-order chi connectivity index (χ1) is 32.5. The van der Waals surface area contributed by atoms with E-state index >= 15 is 0 Å². The van der Waals surface area contributed by atoms with Crippen LogP contribution in [0.3, 0.4) is 0 Å². The van der Waals surface area contributed by atoms with Gasteiger partial charge in [-0.05, 0) is 38.0 Å². The summed E-state index contributed by atoms with van der Waals surface area (Å²) in [5.74, 6) is -2.16. The number of hydrogen-bond acceptors (Lipinski definition) is 18. The largest absolute Gasteiger partial charge is 0.481 e. The number of ketones is 2. The van der Waals surface area contributed by atoms with Crippen LogP contribution in [0.2, 0.25) is 0 Å². The molecule has 21 nitrogen and oxygen atoms in total. The van der Waals surface area contributed by atoms with Crippen molar-refractivity contribution in [2.24, 2.45) is 10.7 Å². The maximum absolute atomic E-state index is 13.6. The third kappa shape index (κ3) is 22.1. The van der Waals surface area contributed by atoms with E-state index in [4.69, 9.17) is 63.0 Å². The number of aliphatic carboxylic acids is 1. The highest BCUT2D eigenvalue weighted by Gasteiger charge is 2.47. The van der Waals surface area contributed by atoms with Crippen molar-refractivity contribution in [1.29, 1.82) is 0 Å². The quantitative estimate of drug-likeness (QED) is 0.0543. The molecule has 0 aliphatic carbocycles. The number of hydrogen-bond donors (Lipinski definition) is 2. The molecule has 3 N–H and O–H groups in total. The molecule has 0 spiro atoms. The van der Waals surface area contributed by atoms with Crippen molar-refractivity contribution in [1.82, 2.24) is 9.96 Å². The second-order valence-electron chi connectivity index (χ2n) is 15.3. The van der Waals surface area contributed by atoms with Gasteiger partial charge in [-0.25, -0.2) is 10.1 Å². The molecule has 2 aliphatic heterocycles. The zero-order valence-corrected chi connectivity index (χ0v) is 39.5. The smallest absolute Gasteiger partial charge is 0.305 e. The first-order valence-electron chi connectivity index (χ1n) is 23.0. The molecule has 0 atom stereocenters. The fraction of sp³-hybridized carbons (Fsp3) is 0.696. The predicted molar refractivity (Wildman–Crippen MR) is 243 cm³/mol. The number of piperidine rings is 1. The molecular weight excluding hydrogens is 881 g/mol. The molecule has 0 aromatic heterocycles. The van der Waals surface area contributed by atoms with Gasteiger partial charge in [0.25, 0.3) is 5.91 Å². The number of ether oxygens (including phenoxy) is 10. The predicted octanol–water partition coefficient (Wildman–Crippen LogP) is 1.92. The molecule has 3 rings (SSSR count). The van der Waals surface area contributed by atoms with Gasteiger partial charge in [-0.2, -0.15) is 0 Å². The van der Waals surface area contributed by atoms with Crippen LogP contribution in [0.4, 0.5) is 5.69 Å². The van der Waals surface area contributed by atoms with E-state index in [2.05, 4.69) is 4.99 Å². The Morgan fingerprint density at radius 2 is 1.09 bits per heavy atom. The molecule has 2 aliphatic rings. The fourth-order valence-corrected chi connectivity index (χ4v) is 6.51. The Kier molecular flexibility index (Phi) is 29.0. The third-order valence-corrected chi connectivity index (χ3v) is 10.2. The van der Waals surface area contributed by atoms with E-state index in [9.17, 15) is 24.0 Å². The molecule has 1 fully saturated rings. The van der Waals surface area contributed by atoms with E-state index in [0.717, 1.165) is 0 Å². The number of carbonyl (C=O) groups is 5. The molecular formula is C46H72N4O17. The number of rotatable bonds is 39. The van der Waals surface area contributed by atoms with Gasteiger partial charge in [0, 0.05) is 24.1 Å². The van der Waals surface area contributed by atoms with Crippen LogP contribution in [0.5, 0.6) is 0 Å². The summed E-state index contributed by atoms with van der Waals surface area (Å²) in [5.41, 5.74) is 6.64. The van der Waals surface area contributed by atoms with Gasteiger partial charge in [0.15, 0.2) is 11.6 Å². The average molecular weight is 953 g/mol. The lowest BCUT2D eigenvalue weighted by molar-refractivity contribution is -0.180. The van der Waals surface area contributed by atoms with Gasteiger partial charge < -0.3 is 63.1 Å². The monoisotopic (exact) mass is 952 g/mol. The Labute approximate surface area is 393 Å². The molecule has 0 saturated carbocycles. The van der Waals surface area contributed by atoms with Crippen LogP contribution in [0.1, 0.15) is 57.6 Å². The Morgan fingerprint density at radius 3 is 1.49 bits per heavy atom. The van der Waals surface area contributed by atoms with Crippen LogP contribution in [0.15, 0.2) is 28.8 Å². The van der Waals surface area contributed by atoms with E-state index in [1.54, 1.807) is 38.1 Å². The SMILES string of the molecule is CCCN(OCC)C(=O)C1=Cc2ccc(C3(C)C(=O)CN(C(=O)CCOCCOCCOCCOCCOCCOCCOCCOCCOCCOCCC(=O)O)CC3=O)cc2N=C(N)C1. The number of carboxylic acids is 1. The zero-order valence-electron chi connectivity index (χ0n) is 39.5. The minimum atomic E-state index is -1.49. The summed E-state index contributed by atoms with van der Waals surface area (Å²) in [7, 11) is 0. The first kappa shape index (κ1) is 57.1. The summed E-state index contributed by atoms with van der Waals surface area (Å²) >= 11 is 0. The molecule has 0 unspecified atom stereocenters. The van der Waals surface area contributed by atoms with Crippen LogP contribution in [-0.4, -0.2) is 209 Å². The van der Waals surface area contributed by atoms with Crippen molar-refractivity contribution in [3.05, 3.63) is 34.9 Å². The number of carbonyl (C=O) groups excluding carboxylic acids is 4. The zero-order chi connectivity index (χ0) is 48.5. The van der Waals surface area contributed by atoms with Gasteiger partial charge in [-0.1, -0.05) is 19.1 Å². The number of benzene rings is 1. The van der Waals surface area contributed by atoms with Gasteiger partial charge in [0.1, 0.15) is 11.3 Å². The Hall–Kier alpha value is -4.26. The number of fused-ring (bicyclic) bond motifs is 1. The van der Waals surface area contributed by atoms with Crippen molar-refractivity contribution in [3.8, 4) is 0 Å². The van der Waals surface area contributed by atoms with Crippen molar-refractivity contribution in [3.63, 3.8) is 0 Å². The molecule has 2 amide bonds. The summed E-state index contributed by atoms with van der Waals surface area (Å²) in [4.78, 5) is 75.0. The number of nitrogens with zero attached hydrogens (tertiary/aromatic N) is 3. The second kappa shape index (κ2) is 34.1. The summed E-state index contributed by atoms with van der Waals surface area (Å²) in [6.07, 6.45) is 2.52. The van der Waals surface area contributed by atoms with E-state index in [1.807, 2.05) is 6.92 Å². The minimum absolute atomic E-state index is 0.00442. The standard InChI is InChI=1S/C46H72N4O17/c1-4-10-50(67-5-2)45(56)37-31-36-6-7-38(33-39(36)48-42(47)32-37)46(3)40(51)34-49(35-41(46)52)43(53)8-11-57-13-15-59-17-19-61-21-23-63-25-27-65-29-30-66-28-26-64-24-22-62-20-18-60-16-14-58-12-9-44(54)55/h6-7,31,33H,4-5,8-30,32,34-35H2,1-3H3,(H2,47,48)(H,54,55). The number of Topliss-reactive ketones (excluding diaryl/α,β-unsaturated/α-hetero) is 2. The van der Waals surface area contributed by atoms with Crippen LogP contribution >= 0.6 is 0 Å². The molecule has 0 bridgehead atoms. The summed E-state index contributed by atoms with van der Waals surface area (Å²) in [5, 5.41) is 9.84. The number of amidine groups is 1. The maximum Gasteiger partial charge on any atom is 0.305 e. The van der Waals surface area contributed by atoms with Crippen molar-refractivity contribution >= 4 is 46.9 Å². The normalized spacial score (nSPS) is 14.7. The number of hydroxylamine groups is 2. The van der Waals surface area contributed by atoms with Crippen molar-refractivity contribution < 1.29 is 81.3 Å². The van der Waals surface area contributed by atoms with E-state index in [-0.39, 0.29) is 69.8 Å². The average Bonchev–Trinajstić information content (AvgIpc) is 3.48.